The SMILES string of the molecule is O=C1N[C@H](/C=C/c2ccco2)Nc2scc(-c3ccccc3)c21. The normalized spacial score (nSPS) is 16.9. The molecule has 0 radical (unpaired) electrons. The Morgan fingerprint density at radius 3 is 2.74 bits per heavy atom. The summed E-state index contributed by atoms with van der Waals surface area (Å²) in [5, 5.41) is 9.21. The highest BCUT2D eigenvalue weighted by molar-refractivity contribution is 7.15. The lowest BCUT2D eigenvalue weighted by molar-refractivity contribution is 0.0944. The second-order valence-corrected chi connectivity index (χ2v) is 6.07. The molecule has 3 heterocycles. The number of furan rings is 1. The maximum Gasteiger partial charge on any atom is 0.256 e. The van der Waals surface area contributed by atoms with Crippen molar-refractivity contribution >= 4 is 28.3 Å². The van der Waals surface area contributed by atoms with E-state index in [2.05, 4.69) is 10.6 Å². The molecule has 1 aliphatic heterocycles. The number of benzene rings is 1. The molecule has 1 aromatic carbocycles. The van der Waals surface area contributed by atoms with Crippen LogP contribution >= 0.6 is 11.3 Å². The summed E-state index contributed by atoms with van der Waals surface area (Å²) in [5.41, 5.74) is 2.72. The highest BCUT2D eigenvalue weighted by Gasteiger charge is 2.27. The van der Waals surface area contributed by atoms with Gasteiger partial charge in [0.25, 0.3) is 5.91 Å². The summed E-state index contributed by atoms with van der Waals surface area (Å²) in [4.78, 5) is 12.5. The summed E-state index contributed by atoms with van der Waals surface area (Å²) < 4.78 is 5.26. The zero-order chi connectivity index (χ0) is 15.6. The van der Waals surface area contributed by atoms with Gasteiger partial charge in [-0.05, 0) is 29.8 Å². The number of hydrogen-bond acceptors (Lipinski definition) is 4. The Morgan fingerprint density at radius 2 is 1.96 bits per heavy atom. The predicted molar refractivity (Wildman–Crippen MR) is 92.4 cm³/mol. The van der Waals surface area contributed by atoms with E-state index in [1.807, 2.05) is 60.0 Å². The van der Waals surface area contributed by atoms with Gasteiger partial charge in [-0.1, -0.05) is 30.3 Å². The van der Waals surface area contributed by atoms with Crippen molar-refractivity contribution < 1.29 is 9.21 Å². The molecule has 5 heteroatoms. The van der Waals surface area contributed by atoms with Gasteiger partial charge in [0, 0.05) is 10.9 Å². The predicted octanol–water partition coefficient (Wildman–Crippen LogP) is 4.20. The quantitative estimate of drug-likeness (QED) is 0.760. The minimum absolute atomic E-state index is 0.0621. The van der Waals surface area contributed by atoms with Crippen molar-refractivity contribution in [2.75, 3.05) is 5.32 Å². The van der Waals surface area contributed by atoms with Gasteiger partial charge < -0.3 is 15.1 Å². The molecule has 0 bridgehead atoms. The summed E-state index contributed by atoms with van der Waals surface area (Å²) in [6, 6.07) is 13.6. The molecule has 1 aliphatic rings. The van der Waals surface area contributed by atoms with Crippen LogP contribution in [0.3, 0.4) is 0 Å². The molecule has 0 aliphatic carbocycles. The van der Waals surface area contributed by atoms with E-state index >= 15 is 0 Å². The van der Waals surface area contributed by atoms with E-state index in [-0.39, 0.29) is 12.1 Å². The molecule has 1 amide bonds. The van der Waals surface area contributed by atoms with Crippen LogP contribution < -0.4 is 10.6 Å². The lowest BCUT2D eigenvalue weighted by Gasteiger charge is -2.23. The molecular formula is C18H14N2O2S. The third-order valence-electron chi connectivity index (χ3n) is 3.67. The van der Waals surface area contributed by atoms with Crippen LogP contribution in [0.4, 0.5) is 5.00 Å². The van der Waals surface area contributed by atoms with Crippen LogP contribution in [0, 0.1) is 0 Å². The molecule has 4 nitrogen and oxygen atoms in total. The highest BCUT2D eigenvalue weighted by Crippen LogP contribution is 2.37. The lowest BCUT2D eigenvalue weighted by atomic mass is 10.0. The molecule has 3 aromatic rings. The van der Waals surface area contributed by atoms with E-state index in [0.29, 0.717) is 5.56 Å². The van der Waals surface area contributed by atoms with Gasteiger partial charge in [0.05, 0.1) is 11.8 Å². The average molecular weight is 322 g/mol. The first-order chi connectivity index (χ1) is 11.3. The molecule has 1 atom stereocenters. The fraction of sp³-hybridized carbons (Fsp3) is 0.0556. The molecule has 0 saturated heterocycles. The van der Waals surface area contributed by atoms with Gasteiger partial charge in [-0.25, -0.2) is 0 Å². The number of fused-ring (bicyclic) bond motifs is 1. The lowest BCUT2D eigenvalue weighted by Crippen LogP contribution is -2.43. The van der Waals surface area contributed by atoms with Gasteiger partial charge in [0.2, 0.25) is 0 Å². The molecule has 4 rings (SSSR count). The smallest absolute Gasteiger partial charge is 0.256 e. The van der Waals surface area contributed by atoms with Crippen LogP contribution in [-0.4, -0.2) is 12.1 Å². The summed E-state index contributed by atoms with van der Waals surface area (Å²) in [5.74, 6) is 0.691. The maximum absolute atomic E-state index is 12.5. The Bertz CT molecular complexity index is 851. The molecular weight excluding hydrogens is 308 g/mol. The van der Waals surface area contributed by atoms with Crippen LogP contribution in [0.1, 0.15) is 16.1 Å². The van der Waals surface area contributed by atoms with Crippen molar-refractivity contribution in [1.29, 1.82) is 0 Å². The second kappa shape index (κ2) is 5.78. The monoisotopic (exact) mass is 322 g/mol. The van der Waals surface area contributed by atoms with Gasteiger partial charge >= 0.3 is 0 Å². The molecule has 0 saturated carbocycles. The van der Waals surface area contributed by atoms with Gasteiger partial charge in [-0.2, -0.15) is 0 Å². The Hall–Kier alpha value is -2.79. The topological polar surface area (TPSA) is 54.3 Å². The van der Waals surface area contributed by atoms with E-state index in [0.717, 1.165) is 21.9 Å². The van der Waals surface area contributed by atoms with Gasteiger partial charge in [-0.15, -0.1) is 11.3 Å². The number of anilines is 1. The van der Waals surface area contributed by atoms with Crippen LogP contribution in [0.15, 0.2) is 64.6 Å². The number of hydrogen-bond donors (Lipinski definition) is 2. The fourth-order valence-electron chi connectivity index (χ4n) is 2.58. The molecule has 2 N–H and O–H groups in total. The van der Waals surface area contributed by atoms with Gasteiger partial charge in [0.1, 0.15) is 16.9 Å². The van der Waals surface area contributed by atoms with Gasteiger partial charge in [-0.3, -0.25) is 4.79 Å². The fourth-order valence-corrected chi connectivity index (χ4v) is 3.59. The largest absolute Gasteiger partial charge is 0.465 e. The minimum Gasteiger partial charge on any atom is -0.465 e. The summed E-state index contributed by atoms with van der Waals surface area (Å²) in [6.07, 6.45) is 5.09. The number of thiophene rings is 1. The summed E-state index contributed by atoms with van der Waals surface area (Å²) >= 11 is 1.55. The van der Waals surface area contributed by atoms with Crippen LogP contribution in [0.2, 0.25) is 0 Å². The zero-order valence-electron chi connectivity index (χ0n) is 12.2. The van der Waals surface area contributed by atoms with Crippen LogP contribution in [0.5, 0.6) is 0 Å². The summed E-state index contributed by atoms with van der Waals surface area (Å²) in [6.45, 7) is 0. The van der Waals surface area contributed by atoms with E-state index in [1.54, 1.807) is 17.6 Å². The van der Waals surface area contributed by atoms with Crippen molar-refractivity contribution in [2.24, 2.45) is 0 Å². The highest BCUT2D eigenvalue weighted by atomic mass is 32.1. The first-order valence-electron chi connectivity index (χ1n) is 7.27. The molecule has 114 valence electrons. The average Bonchev–Trinajstić information content (AvgIpc) is 3.23. The zero-order valence-corrected chi connectivity index (χ0v) is 13.0. The van der Waals surface area contributed by atoms with Crippen molar-refractivity contribution in [3.05, 3.63) is 71.5 Å². The number of rotatable bonds is 3. The molecule has 0 fully saturated rings. The summed E-state index contributed by atoms with van der Waals surface area (Å²) in [7, 11) is 0. The van der Waals surface area contributed by atoms with E-state index in [4.69, 9.17) is 4.42 Å². The van der Waals surface area contributed by atoms with Gasteiger partial charge in [0.15, 0.2) is 0 Å². The number of amides is 1. The molecule has 0 spiro atoms. The van der Waals surface area contributed by atoms with Crippen molar-refractivity contribution in [1.82, 2.24) is 5.32 Å². The van der Waals surface area contributed by atoms with E-state index in [9.17, 15) is 4.79 Å². The number of carbonyl (C=O) groups is 1. The standard InChI is InChI=1S/C18H14N2O2S/c21-17-16-14(12-5-2-1-3-6-12)11-23-18(16)20-15(19-17)9-8-13-7-4-10-22-13/h1-11,15,20H,(H,19,21)/b9-8+/t15-/m0/s1. The Labute approximate surface area is 137 Å². The Kier molecular flexibility index (Phi) is 3.48. The van der Waals surface area contributed by atoms with E-state index in [1.165, 1.54) is 0 Å². The second-order valence-electron chi connectivity index (χ2n) is 5.19. The van der Waals surface area contributed by atoms with Crippen molar-refractivity contribution in [3.63, 3.8) is 0 Å². The molecule has 0 unspecified atom stereocenters. The molecule has 2 aromatic heterocycles. The Balaban J connectivity index is 1.61. The third-order valence-corrected chi connectivity index (χ3v) is 4.58. The number of nitrogens with one attached hydrogen (secondary N) is 2. The Morgan fingerprint density at radius 1 is 1.09 bits per heavy atom. The molecule has 23 heavy (non-hydrogen) atoms. The van der Waals surface area contributed by atoms with Crippen molar-refractivity contribution in [2.45, 2.75) is 6.17 Å². The van der Waals surface area contributed by atoms with E-state index < -0.39 is 0 Å². The first kappa shape index (κ1) is 13.8. The maximum atomic E-state index is 12.5. The number of carbonyl (C=O) groups excluding carboxylic acids is 1. The van der Waals surface area contributed by atoms with Crippen LogP contribution in [0.25, 0.3) is 17.2 Å². The third kappa shape index (κ3) is 2.66. The first-order valence-corrected chi connectivity index (χ1v) is 8.15. The minimum atomic E-state index is -0.248. The van der Waals surface area contributed by atoms with Crippen LogP contribution in [-0.2, 0) is 0 Å². The van der Waals surface area contributed by atoms with Crippen molar-refractivity contribution in [3.8, 4) is 11.1 Å².